The third-order valence-corrected chi connectivity index (χ3v) is 3.58. The highest BCUT2D eigenvalue weighted by molar-refractivity contribution is 7.98. The summed E-state index contributed by atoms with van der Waals surface area (Å²) in [5, 5.41) is 9.17. The van der Waals surface area contributed by atoms with Crippen LogP contribution in [0, 0.1) is 0 Å². The van der Waals surface area contributed by atoms with Crippen molar-refractivity contribution in [3.05, 3.63) is 29.8 Å². The zero-order valence-electron chi connectivity index (χ0n) is 7.99. The lowest BCUT2D eigenvalue weighted by Crippen LogP contribution is -2.20. The van der Waals surface area contributed by atoms with Gasteiger partial charge in [-0.3, -0.25) is 4.79 Å². The minimum Gasteiger partial charge on any atom is -0.481 e. The molecule has 0 aromatic heterocycles. The van der Waals surface area contributed by atoms with Gasteiger partial charge in [0.1, 0.15) is 0 Å². The number of hydrogen-bond acceptors (Lipinski definition) is 2. The summed E-state index contributed by atoms with van der Waals surface area (Å²) in [6.07, 6.45) is 3.54. The van der Waals surface area contributed by atoms with Gasteiger partial charge >= 0.3 is 5.97 Å². The SMILES string of the molecule is CSc1ccccc1C1(C(=O)O)CC1. The standard InChI is InChI=1S/C11H12O2S/c1-14-9-5-3-2-4-8(9)11(6-7-11)10(12)13/h2-5H,6-7H2,1H3,(H,12,13). The molecule has 1 aliphatic carbocycles. The van der Waals surface area contributed by atoms with E-state index < -0.39 is 11.4 Å². The fourth-order valence-corrected chi connectivity index (χ4v) is 2.46. The molecule has 14 heavy (non-hydrogen) atoms. The van der Waals surface area contributed by atoms with Crippen LogP contribution < -0.4 is 0 Å². The number of benzene rings is 1. The summed E-state index contributed by atoms with van der Waals surface area (Å²) in [6.45, 7) is 0. The van der Waals surface area contributed by atoms with E-state index in [1.54, 1.807) is 11.8 Å². The van der Waals surface area contributed by atoms with Gasteiger partial charge in [0, 0.05) is 4.90 Å². The van der Waals surface area contributed by atoms with Gasteiger partial charge in [-0.25, -0.2) is 0 Å². The predicted octanol–water partition coefficient (Wildman–Crippen LogP) is 2.52. The second-order valence-corrected chi connectivity index (χ2v) is 4.44. The molecule has 1 fully saturated rings. The first-order chi connectivity index (χ1) is 6.70. The summed E-state index contributed by atoms with van der Waals surface area (Å²) < 4.78 is 0. The van der Waals surface area contributed by atoms with Crippen molar-refractivity contribution in [2.45, 2.75) is 23.2 Å². The first-order valence-electron chi connectivity index (χ1n) is 4.57. The Morgan fingerprint density at radius 3 is 2.57 bits per heavy atom. The van der Waals surface area contributed by atoms with E-state index in [1.165, 1.54) is 0 Å². The van der Waals surface area contributed by atoms with E-state index in [4.69, 9.17) is 5.11 Å². The number of hydrogen-bond donors (Lipinski definition) is 1. The minimum atomic E-state index is -0.681. The average Bonchev–Trinajstić information content (AvgIpc) is 2.98. The summed E-state index contributed by atoms with van der Waals surface area (Å²) >= 11 is 1.62. The van der Waals surface area contributed by atoms with Gasteiger partial charge in [-0.15, -0.1) is 11.8 Å². The molecular weight excluding hydrogens is 196 g/mol. The molecule has 3 heteroatoms. The molecule has 0 aliphatic heterocycles. The summed E-state index contributed by atoms with van der Waals surface area (Å²) in [6, 6.07) is 7.79. The van der Waals surface area contributed by atoms with Gasteiger partial charge in [0.2, 0.25) is 0 Å². The lowest BCUT2D eigenvalue weighted by atomic mass is 9.96. The number of carboxylic acid groups (broad SMARTS) is 1. The Morgan fingerprint density at radius 1 is 1.43 bits per heavy atom. The maximum atomic E-state index is 11.1. The van der Waals surface area contributed by atoms with Crippen molar-refractivity contribution in [1.29, 1.82) is 0 Å². The Balaban J connectivity index is 2.46. The van der Waals surface area contributed by atoms with Gasteiger partial charge in [-0.1, -0.05) is 18.2 Å². The number of rotatable bonds is 3. The van der Waals surface area contributed by atoms with Crippen LogP contribution in [0.3, 0.4) is 0 Å². The Bertz CT molecular complexity index is 369. The third-order valence-electron chi connectivity index (χ3n) is 2.78. The first-order valence-corrected chi connectivity index (χ1v) is 5.80. The smallest absolute Gasteiger partial charge is 0.314 e. The molecule has 0 heterocycles. The fourth-order valence-electron chi connectivity index (χ4n) is 1.76. The highest BCUT2D eigenvalue weighted by Gasteiger charge is 2.52. The fraction of sp³-hybridized carbons (Fsp3) is 0.364. The molecule has 0 spiro atoms. The van der Waals surface area contributed by atoms with Gasteiger partial charge in [0.15, 0.2) is 0 Å². The van der Waals surface area contributed by atoms with Gasteiger partial charge in [0.25, 0.3) is 0 Å². The molecular formula is C11H12O2S. The Labute approximate surface area is 87.3 Å². The van der Waals surface area contributed by atoms with Crippen molar-refractivity contribution in [1.82, 2.24) is 0 Å². The third kappa shape index (κ3) is 1.32. The van der Waals surface area contributed by atoms with Crippen LogP contribution in [0.15, 0.2) is 29.2 Å². The van der Waals surface area contributed by atoms with Crippen molar-refractivity contribution < 1.29 is 9.90 Å². The van der Waals surface area contributed by atoms with E-state index in [0.29, 0.717) is 0 Å². The normalized spacial score (nSPS) is 17.8. The van der Waals surface area contributed by atoms with Crippen LogP contribution in [0.1, 0.15) is 18.4 Å². The summed E-state index contributed by atoms with van der Waals surface area (Å²) in [7, 11) is 0. The zero-order valence-corrected chi connectivity index (χ0v) is 8.80. The summed E-state index contributed by atoms with van der Waals surface area (Å²) in [4.78, 5) is 12.2. The highest BCUT2D eigenvalue weighted by Crippen LogP contribution is 2.50. The van der Waals surface area contributed by atoms with Crippen molar-refractivity contribution in [3.8, 4) is 0 Å². The van der Waals surface area contributed by atoms with Crippen molar-refractivity contribution in [3.63, 3.8) is 0 Å². The molecule has 1 aromatic rings. The molecule has 1 aromatic carbocycles. The number of carbonyl (C=O) groups is 1. The molecule has 1 saturated carbocycles. The molecule has 2 nitrogen and oxygen atoms in total. The average molecular weight is 208 g/mol. The first kappa shape index (κ1) is 9.59. The van der Waals surface area contributed by atoms with Gasteiger partial charge in [-0.2, -0.15) is 0 Å². The predicted molar refractivity (Wildman–Crippen MR) is 56.8 cm³/mol. The quantitative estimate of drug-likeness (QED) is 0.775. The van der Waals surface area contributed by atoms with Crippen molar-refractivity contribution in [2.24, 2.45) is 0 Å². The molecule has 0 bridgehead atoms. The lowest BCUT2D eigenvalue weighted by molar-refractivity contribution is -0.140. The molecule has 1 aliphatic rings. The van der Waals surface area contributed by atoms with Crippen LogP contribution in [-0.2, 0) is 10.2 Å². The van der Waals surface area contributed by atoms with Crippen LogP contribution in [0.5, 0.6) is 0 Å². The van der Waals surface area contributed by atoms with E-state index in [-0.39, 0.29) is 0 Å². The highest BCUT2D eigenvalue weighted by atomic mass is 32.2. The molecule has 74 valence electrons. The Morgan fingerprint density at radius 2 is 2.07 bits per heavy atom. The number of carboxylic acids is 1. The molecule has 0 radical (unpaired) electrons. The second-order valence-electron chi connectivity index (χ2n) is 3.59. The largest absolute Gasteiger partial charge is 0.481 e. The molecule has 2 rings (SSSR count). The molecule has 0 unspecified atom stereocenters. The zero-order chi connectivity index (χ0) is 10.2. The number of thioether (sulfide) groups is 1. The van der Waals surface area contributed by atoms with Crippen LogP contribution in [-0.4, -0.2) is 17.3 Å². The van der Waals surface area contributed by atoms with E-state index in [1.807, 2.05) is 30.5 Å². The van der Waals surface area contributed by atoms with Crippen LogP contribution in [0.2, 0.25) is 0 Å². The Hall–Kier alpha value is -0.960. The second kappa shape index (κ2) is 3.31. The molecule has 0 saturated heterocycles. The van der Waals surface area contributed by atoms with E-state index in [9.17, 15) is 4.79 Å². The van der Waals surface area contributed by atoms with Crippen molar-refractivity contribution >= 4 is 17.7 Å². The molecule has 1 N–H and O–H groups in total. The van der Waals surface area contributed by atoms with E-state index >= 15 is 0 Å². The maximum absolute atomic E-state index is 11.1. The monoisotopic (exact) mass is 208 g/mol. The van der Waals surface area contributed by atoms with Crippen LogP contribution in [0.25, 0.3) is 0 Å². The van der Waals surface area contributed by atoms with Gasteiger partial charge < -0.3 is 5.11 Å². The molecule has 0 amide bonds. The molecule has 0 atom stereocenters. The summed E-state index contributed by atoms with van der Waals surface area (Å²) in [5.74, 6) is -0.681. The summed E-state index contributed by atoms with van der Waals surface area (Å²) in [5.41, 5.74) is 0.416. The Kier molecular flexibility index (Phi) is 2.27. The number of aliphatic carboxylic acids is 1. The van der Waals surface area contributed by atoms with E-state index in [2.05, 4.69) is 0 Å². The van der Waals surface area contributed by atoms with Gasteiger partial charge in [-0.05, 0) is 30.7 Å². The topological polar surface area (TPSA) is 37.3 Å². The lowest BCUT2D eigenvalue weighted by Gasteiger charge is -2.13. The van der Waals surface area contributed by atoms with Crippen molar-refractivity contribution in [2.75, 3.05) is 6.26 Å². The van der Waals surface area contributed by atoms with Gasteiger partial charge in [0.05, 0.1) is 5.41 Å². The maximum Gasteiger partial charge on any atom is 0.314 e. The van der Waals surface area contributed by atoms with Crippen LogP contribution in [0.4, 0.5) is 0 Å². The van der Waals surface area contributed by atoms with Crippen LogP contribution >= 0.6 is 11.8 Å². The van der Waals surface area contributed by atoms with E-state index in [0.717, 1.165) is 23.3 Å². The minimum absolute atomic E-state index is 0.570.